The Morgan fingerprint density at radius 2 is 1.90 bits per heavy atom. The number of amides is 1. The van der Waals surface area contributed by atoms with Crippen molar-refractivity contribution in [3.63, 3.8) is 0 Å². The minimum atomic E-state index is 0.0754. The number of para-hydroxylation sites is 1. The number of carbonyl (C=O) groups excluding carboxylic acids is 1. The number of carbonyl (C=O) groups is 1. The molecule has 1 aliphatic heterocycles. The number of amidine groups is 1. The molecule has 4 rings (SSSR count). The quantitative estimate of drug-likeness (QED) is 0.482. The molecule has 1 amide bonds. The van der Waals surface area contributed by atoms with E-state index >= 15 is 0 Å². The highest BCUT2D eigenvalue weighted by atomic mass is 32.2. The second-order valence-electron chi connectivity index (χ2n) is 7.96. The third-order valence-electron chi connectivity index (χ3n) is 5.83. The molecule has 2 aromatic carbocycles. The van der Waals surface area contributed by atoms with Crippen LogP contribution in [-0.4, -0.2) is 28.6 Å². The molecule has 2 aliphatic rings. The lowest BCUT2D eigenvalue weighted by Crippen LogP contribution is -2.40. The molecule has 1 aliphatic carbocycles. The summed E-state index contributed by atoms with van der Waals surface area (Å²) in [5.74, 6) is 0.897. The van der Waals surface area contributed by atoms with Crippen molar-refractivity contribution in [1.29, 1.82) is 0 Å². The molecule has 31 heavy (non-hydrogen) atoms. The van der Waals surface area contributed by atoms with Gasteiger partial charge in [0.25, 0.3) is 5.91 Å². The van der Waals surface area contributed by atoms with Crippen LogP contribution in [0, 0.1) is 0 Å². The number of benzene rings is 2. The Morgan fingerprint density at radius 3 is 2.68 bits per heavy atom. The van der Waals surface area contributed by atoms with Crippen LogP contribution in [-0.2, 0) is 11.2 Å². The third-order valence-corrected chi connectivity index (χ3v) is 6.82. The summed E-state index contributed by atoms with van der Waals surface area (Å²) in [6.07, 6.45) is 8.59. The Morgan fingerprint density at radius 1 is 1.10 bits per heavy atom. The first-order valence-electron chi connectivity index (χ1n) is 11.3. The summed E-state index contributed by atoms with van der Waals surface area (Å²) < 4.78 is 5.62. The number of thioether (sulfide) groups is 1. The van der Waals surface area contributed by atoms with E-state index in [0.717, 1.165) is 46.3 Å². The molecule has 0 radical (unpaired) electrons. The minimum absolute atomic E-state index is 0.0754. The molecular weight excluding hydrogens is 404 g/mol. The first-order chi connectivity index (χ1) is 15.2. The molecule has 1 saturated heterocycles. The number of hydrogen-bond donors (Lipinski definition) is 0. The summed E-state index contributed by atoms with van der Waals surface area (Å²) in [5.41, 5.74) is 3.13. The Labute approximate surface area is 189 Å². The second-order valence-corrected chi connectivity index (χ2v) is 8.97. The molecule has 2 fully saturated rings. The Hall–Kier alpha value is -2.53. The van der Waals surface area contributed by atoms with E-state index in [1.165, 1.54) is 36.6 Å². The summed E-state index contributed by atoms with van der Waals surface area (Å²) in [6.45, 7) is 4.73. The van der Waals surface area contributed by atoms with Gasteiger partial charge in [0, 0.05) is 6.04 Å². The summed E-state index contributed by atoms with van der Waals surface area (Å²) >= 11 is 1.50. The van der Waals surface area contributed by atoms with Crippen molar-refractivity contribution in [2.75, 3.05) is 6.61 Å². The van der Waals surface area contributed by atoms with Crippen LogP contribution in [0.25, 0.3) is 6.08 Å². The maximum Gasteiger partial charge on any atom is 0.267 e. The normalized spacial score (nSPS) is 20.1. The van der Waals surface area contributed by atoms with Gasteiger partial charge in [0.05, 0.1) is 17.2 Å². The number of nitrogens with zero attached hydrogens (tertiary/aromatic N) is 2. The molecule has 0 spiro atoms. The van der Waals surface area contributed by atoms with Crippen LogP contribution in [0.1, 0.15) is 57.1 Å². The lowest BCUT2D eigenvalue weighted by Gasteiger charge is -2.30. The van der Waals surface area contributed by atoms with Crippen molar-refractivity contribution < 1.29 is 9.53 Å². The largest absolute Gasteiger partial charge is 0.494 e. The maximum absolute atomic E-state index is 13.5. The highest BCUT2D eigenvalue weighted by Gasteiger charge is 2.38. The average molecular weight is 435 g/mol. The Bertz CT molecular complexity index is 992. The van der Waals surface area contributed by atoms with Gasteiger partial charge in [-0.05, 0) is 73.4 Å². The van der Waals surface area contributed by atoms with Crippen molar-refractivity contribution in [1.82, 2.24) is 4.90 Å². The van der Waals surface area contributed by atoms with E-state index in [-0.39, 0.29) is 11.9 Å². The van der Waals surface area contributed by atoms with E-state index in [9.17, 15) is 4.79 Å². The van der Waals surface area contributed by atoms with Gasteiger partial charge in [-0.2, -0.15) is 0 Å². The van der Waals surface area contributed by atoms with Crippen LogP contribution in [0.2, 0.25) is 0 Å². The van der Waals surface area contributed by atoms with Crippen LogP contribution >= 0.6 is 11.8 Å². The standard InChI is InChI=1S/C26H30N2O2S/c1-3-20-12-8-9-16-23(20)27-26-28(21-13-6-5-7-14-21)25(29)24(31-26)18-19-11-10-15-22(17-19)30-4-2/h8-12,15-18,21H,3-7,13-14H2,1-2H3/b24-18+,27-26?. The monoisotopic (exact) mass is 434 g/mol. The predicted octanol–water partition coefficient (Wildman–Crippen LogP) is 6.58. The molecule has 0 atom stereocenters. The molecule has 1 heterocycles. The average Bonchev–Trinajstić information content (AvgIpc) is 3.09. The van der Waals surface area contributed by atoms with E-state index in [2.05, 4.69) is 13.0 Å². The van der Waals surface area contributed by atoms with E-state index in [0.29, 0.717) is 6.61 Å². The van der Waals surface area contributed by atoms with E-state index in [4.69, 9.17) is 9.73 Å². The maximum atomic E-state index is 13.5. The Kier molecular flexibility index (Phi) is 7.13. The number of aliphatic imine (C=N–C) groups is 1. The summed E-state index contributed by atoms with van der Waals surface area (Å²) in [5, 5.41) is 0.810. The fraction of sp³-hybridized carbons (Fsp3) is 0.385. The van der Waals surface area contributed by atoms with E-state index in [1.54, 1.807) is 0 Å². The second kappa shape index (κ2) is 10.2. The van der Waals surface area contributed by atoms with Gasteiger partial charge in [0.15, 0.2) is 5.17 Å². The first-order valence-corrected chi connectivity index (χ1v) is 12.1. The summed E-state index contributed by atoms with van der Waals surface area (Å²) in [4.78, 5) is 21.2. The molecule has 2 aromatic rings. The van der Waals surface area contributed by atoms with Gasteiger partial charge >= 0.3 is 0 Å². The molecular formula is C26H30N2O2S. The van der Waals surface area contributed by atoms with Gasteiger partial charge in [-0.25, -0.2) is 4.99 Å². The summed E-state index contributed by atoms with van der Waals surface area (Å²) in [6, 6.07) is 16.4. The zero-order chi connectivity index (χ0) is 21.6. The zero-order valence-corrected chi connectivity index (χ0v) is 19.2. The Balaban J connectivity index is 1.70. The van der Waals surface area contributed by atoms with Gasteiger partial charge in [-0.3, -0.25) is 9.69 Å². The van der Waals surface area contributed by atoms with E-state index < -0.39 is 0 Å². The molecule has 0 unspecified atom stereocenters. The van der Waals surface area contributed by atoms with Gasteiger partial charge in [-0.15, -0.1) is 0 Å². The lowest BCUT2D eigenvalue weighted by molar-refractivity contribution is -0.124. The van der Waals surface area contributed by atoms with Crippen molar-refractivity contribution in [2.24, 2.45) is 4.99 Å². The van der Waals surface area contributed by atoms with Gasteiger partial charge in [-0.1, -0.05) is 56.5 Å². The van der Waals surface area contributed by atoms with Crippen molar-refractivity contribution in [3.8, 4) is 5.75 Å². The first kappa shape index (κ1) is 21.7. The van der Waals surface area contributed by atoms with Crippen LogP contribution in [0.3, 0.4) is 0 Å². The van der Waals surface area contributed by atoms with Crippen molar-refractivity contribution in [3.05, 3.63) is 64.6 Å². The highest BCUT2D eigenvalue weighted by molar-refractivity contribution is 8.18. The number of hydrogen-bond acceptors (Lipinski definition) is 4. The number of aryl methyl sites for hydroxylation is 1. The summed E-state index contributed by atoms with van der Waals surface area (Å²) in [7, 11) is 0. The molecule has 162 valence electrons. The van der Waals surface area contributed by atoms with E-state index in [1.807, 2.05) is 60.4 Å². The topological polar surface area (TPSA) is 41.9 Å². The fourth-order valence-electron chi connectivity index (χ4n) is 4.26. The SMILES string of the molecule is CCOc1cccc(/C=C2/SC(=Nc3ccccc3CC)N(C3CCCCC3)C2=O)c1. The smallest absolute Gasteiger partial charge is 0.267 e. The van der Waals surface area contributed by atoms with Gasteiger partial charge in [0.1, 0.15) is 5.75 Å². The number of rotatable bonds is 6. The molecule has 0 bridgehead atoms. The van der Waals surface area contributed by atoms with Crippen LogP contribution in [0.4, 0.5) is 5.69 Å². The van der Waals surface area contributed by atoms with Gasteiger partial charge < -0.3 is 4.74 Å². The van der Waals surface area contributed by atoms with Crippen molar-refractivity contribution in [2.45, 2.75) is 58.4 Å². The third kappa shape index (κ3) is 5.04. The molecule has 1 saturated carbocycles. The molecule has 4 nitrogen and oxygen atoms in total. The predicted molar refractivity (Wildman–Crippen MR) is 130 cm³/mol. The molecule has 0 aromatic heterocycles. The van der Waals surface area contributed by atoms with Crippen LogP contribution in [0.5, 0.6) is 5.75 Å². The zero-order valence-electron chi connectivity index (χ0n) is 18.3. The van der Waals surface area contributed by atoms with Crippen LogP contribution < -0.4 is 4.74 Å². The fourth-order valence-corrected chi connectivity index (χ4v) is 5.31. The highest BCUT2D eigenvalue weighted by Crippen LogP contribution is 2.39. The van der Waals surface area contributed by atoms with Gasteiger partial charge in [0.2, 0.25) is 0 Å². The lowest BCUT2D eigenvalue weighted by atomic mass is 9.94. The molecule has 5 heteroatoms. The molecule has 0 N–H and O–H groups in total. The number of ether oxygens (including phenoxy) is 1. The minimum Gasteiger partial charge on any atom is -0.494 e. The van der Waals surface area contributed by atoms with Crippen molar-refractivity contribution >= 4 is 34.6 Å². The van der Waals surface area contributed by atoms with Crippen LogP contribution in [0.15, 0.2) is 58.4 Å².